The lowest BCUT2D eigenvalue weighted by atomic mass is 9.94. The molecule has 0 aromatic heterocycles. The number of nitrogens with zero attached hydrogens (tertiary/aromatic N) is 1. The summed E-state index contributed by atoms with van der Waals surface area (Å²) in [6.07, 6.45) is 0. The van der Waals surface area contributed by atoms with E-state index in [1.165, 1.54) is 36.4 Å². The highest BCUT2D eigenvalue weighted by atomic mass is 19.1. The Hall–Kier alpha value is -4.00. The summed E-state index contributed by atoms with van der Waals surface area (Å²) in [4.78, 5) is 27.2. The zero-order valence-corrected chi connectivity index (χ0v) is 18.7. The number of aliphatic hydroxyl groups is 1. The van der Waals surface area contributed by atoms with Gasteiger partial charge in [0.15, 0.2) is 0 Å². The van der Waals surface area contributed by atoms with Gasteiger partial charge in [0.25, 0.3) is 11.7 Å². The van der Waals surface area contributed by atoms with Crippen LogP contribution in [0.4, 0.5) is 14.5 Å². The first kappa shape index (κ1) is 23.2. The minimum absolute atomic E-state index is 0.000256. The number of carbonyl (C=O) groups excluding carboxylic acids is 2. The second kappa shape index (κ2) is 9.47. The summed E-state index contributed by atoms with van der Waals surface area (Å²) in [5.74, 6) is -3.01. The predicted octanol–water partition coefficient (Wildman–Crippen LogP) is 5.63. The minimum atomic E-state index is -1.29. The van der Waals surface area contributed by atoms with Crippen molar-refractivity contribution in [3.05, 3.63) is 101 Å². The van der Waals surface area contributed by atoms with Gasteiger partial charge >= 0.3 is 0 Å². The van der Waals surface area contributed by atoms with Crippen LogP contribution in [0, 0.1) is 17.6 Å². The van der Waals surface area contributed by atoms with Crippen molar-refractivity contribution in [2.45, 2.75) is 19.9 Å². The molecule has 0 spiro atoms. The van der Waals surface area contributed by atoms with Gasteiger partial charge in [-0.15, -0.1) is 0 Å². The fraction of sp³-hybridized carbons (Fsp3) is 0.185. The first-order valence-electron chi connectivity index (χ1n) is 10.8. The zero-order chi connectivity index (χ0) is 24.4. The zero-order valence-electron chi connectivity index (χ0n) is 18.7. The molecule has 1 heterocycles. The number of Topliss-reactive ketones (excluding diaryl/α,β-unsaturated/α-hetero) is 1. The highest BCUT2D eigenvalue weighted by molar-refractivity contribution is 6.51. The van der Waals surface area contributed by atoms with Gasteiger partial charge in [0.2, 0.25) is 0 Å². The third-order valence-corrected chi connectivity index (χ3v) is 5.42. The van der Waals surface area contributed by atoms with Crippen LogP contribution in [0.2, 0.25) is 0 Å². The molecule has 1 aliphatic heterocycles. The van der Waals surface area contributed by atoms with Crippen LogP contribution in [0.25, 0.3) is 5.76 Å². The molecule has 0 aliphatic carbocycles. The Kier molecular flexibility index (Phi) is 6.45. The molecule has 1 saturated heterocycles. The van der Waals surface area contributed by atoms with E-state index in [9.17, 15) is 23.5 Å². The fourth-order valence-electron chi connectivity index (χ4n) is 3.87. The van der Waals surface area contributed by atoms with E-state index in [4.69, 9.17) is 4.74 Å². The Bertz CT molecular complexity index is 1280. The molecule has 1 amide bonds. The topological polar surface area (TPSA) is 66.8 Å². The van der Waals surface area contributed by atoms with Crippen LogP contribution in [-0.4, -0.2) is 23.4 Å². The largest absolute Gasteiger partial charge is 0.507 e. The second-order valence-corrected chi connectivity index (χ2v) is 8.40. The SMILES string of the molecule is CC(C)COc1cccc(/C(O)=C2\C(=O)C(=O)N(c3cccc(F)c3)C2c2ccccc2F)c1. The van der Waals surface area contributed by atoms with Crippen LogP contribution < -0.4 is 9.64 Å². The normalized spacial score (nSPS) is 17.4. The molecule has 0 bridgehead atoms. The van der Waals surface area contributed by atoms with Crippen molar-refractivity contribution < 1.29 is 28.2 Å². The molecule has 1 fully saturated rings. The number of aliphatic hydroxyl groups excluding tert-OH is 1. The highest BCUT2D eigenvalue weighted by Crippen LogP contribution is 2.43. The molecule has 3 aromatic rings. The van der Waals surface area contributed by atoms with Gasteiger partial charge < -0.3 is 9.84 Å². The van der Waals surface area contributed by atoms with E-state index < -0.39 is 35.1 Å². The van der Waals surface area contributed by atoms with Gasteiger partial charge in [-0.1, -0.05) is 50.2 Å². The lowest BCUT2D eigenvalue weighted by Gasteiger charge is -2.25. The monoisotopic (exact) mass is 463 g/mol. The molecule has 1 N–H and O–H groups in total. The van der Waals surface area contributed by atoms with E-state index in [0.29, 0.717) is 12.4 Å². The Morgan fingerprint density at radius 2 is 1.74 bits per heavy atom. The average Bonchev–Trinajstić information content (AvgIpc) is 3.08. The lowest BCUT2D eigenvalue weighted by molar-refractivity contribution is -0.132. The standard InChI is InChI=1S/C27H23F2NO4/c1-16(2)15-34-20-10-5-7-17(13-20)25(31)23-24(21-11-3-4-12-22(21)29)30(27(33)26(23)32)19-9-6-8-18(28)14-19/h3-14,16,24,31H,15H2,1-2H3/b25-23+. The van der Waals surface area contributed by atoms with Gasteiger partial charge in [0.1, 0.15) is 23.1 Å². The molecule has 3 aromatic carbocycles. The van der Waals surface area contributed by atoms with Crippen molar-refractivity contribution in [3.8, 4) is 5.75 Å². The van der Waals surface area contributed by atoms with E-state index in [2.05, 4.69) is 0 Å². The van der Waals surface area contributed by atoms with Crippen LogP contribution in [0.1, 0.15) is 31.0 Å². The third-order valence-electron chi connectivity index (χ3n) is 5.42. The number of benzene rings is 3. The van der Waals surface area contributed by atoms with Gasteiger partial charge in [0.05, 0.1) is 18.2 Å². The molecule has 1 unspecified atom stereocenters. The van der Waals surface area contributed by atoms with Crippen molar-refractivity contribution >= 4 is 23.1 Å². The average molecular weight is 463 g/mol. The number of amides is 1. The Morgan fingerprint density at radius 1 is 1.00 bits per heavy atom. The highest BCUT2D eigenvalue weighted by Gasteiger charge is 2.47. The molecule has 4 rings (SSSR count). The second-order valence-electron chi connectivity index (χ2n) is 8.40. The van der Waals surface area contributed by atoms with E-state index in [1.54, 1.807) is 30.3 Å². The Labute approximate surface area is 195 Å². The van der Waals surface area contributed by atoms with Crippen molar-refractivity contribution in [1.29, 1.82) is 0 Å². The number of rotatable bonds is 6. The number of ether oxygens (including phenoxy) is 1. The van der Waals surface area contributed by atoms with Gasteiger partial charge in [0, 0.05) is 16.8 Å². The molecule has 1 aliphatic rings. The van der Waals surface area contributed by atoms with E-state index in [1.807, 2.05) is 13.8 Å². The number of ketones is 1. The summed E-state index contributed by atoms with van der Waals surface area (Å²) in [6, 6.07) is 15.9. The first-order valence-corrected chi connectivity index (χ1v) is 10.8. The fourth-order valence-corrected chi connectivity index (χ4v) is 3.87. The molecule has 7 heteroatoms. The molecule has 34 heavy (non-hydrogen) atoms. The van der Waals surface area contributed by atoms with Crippen molar-refractivity contribution in [2.75, 3.05) is 11.5 Å². The maximum absolute atomic E-state index is 14.9. The smallest absolute Gasteiger partial charge is 0.300 e. The Morgan fingerprint density at radius 3 is 2.44 bits per heavy atom. The quantitative estimate of drug-likeness (QED) is 0.293. The third kappa shape index (κ3) is 4.41. The van der Waals surface area contributed by atoms with E-state index in [0.717, 1.165) is 11.0 Å². The molecule has 0 saturated carbocycles. The number of halogens is 2. The van der Waals surface area contributed by atoms with Gasteiger partial charge in [-0.25, -0.2) is 8.78 Å². The van der Waals surface area contributed by atoms with Crippen LogP contribution in [0.15, 0.2) is 78.4 Å². The number of carbonyl (C=O) groups is 2. The van der Waals surface area contributed by atoms with Crippen LogP contribution in [0.3, 0.4) is 0 Å². The van der Waals surface area contributed by atoms with Gasteiger partial charge in [-0.05, 0) is 42.3 Å². The minimum Gasteiger partial charge on any atom is -0.507 e. The summed E-state index contributed by atoms with van der Waals surface area (Å²) in [5.41, 5.74) is 0.0170. The predicted molar refractivity (Wildman–Crippen MR) is 124 cm³/mol. The van der Waals surface area contributed by atoms with E-state index >= 15 is 0 Å². The lowest BCUT2D eigenvalue weighted by Crippen LogP contribution is -2.30. The van der Waals surface area contributed by atoms with Crippen LogP contribution in [0.5, 0.6) is 5.75 Å². The van der Waals surface area contributed by atoms with Crippen molar-refractivity contribution in [2.24, 2.45) is 5.92 Å². The maximum Gasteiger partial charge on any atom is 0.300 e. The summed E-state index contributed by atoms with van der Waals surface area (Å²) in [5, 5.41) is 11.2. The first-order chi connectivity index (χ1) is 16.3. The summed E-state index contributed by atoms with van der Waals surface area (Å²) in [7, 11) is 0. The summed E-state index contributed by atoms with van der Waals surface area (Å²) in [6.45, 7) is 4.43. The number of hydrogen-bond acceptors (Lipinski definition) is 4. The van der Waals surface area contributed by atoms with Crippen molar-refractivity contribution in [1.82, 2.24) is 0 Å². The number of hydrogen-bond donors (Lipinski definition) is 1. The van der Waals surface area contributed by atoms with Crippen molar-refractivity contribution in [3.63, 3.8) is 0 Å². The molecular formula is C27H23F2NO4. The summed E-state index contributed by atoms with van der Waals surface area (Å²) < 4.78 is 34.6. The number of anilines is 1. The maximum atomic E-state index is 14.9. The summed E-state index contributed by atoms with van der Waals surface area (Å²) >= 11 is 0. The van der Waals surface area contributed by atoms with E-state index in [-0.39, 0.29) is 28.3 Å². The van der Waals surface area contributed by atoms with Crippen LogP contribution >= 0.6 is 0 Å². The molecule has 174 valence electrons. The molecule has 1 atom stereocenters. The van der Waals surface area contributed by atoms with Gasteiger partial charge in [-0.2, -0.15) is 0 Å². The molecular weight excluding hydrogens is 440 g/mol. The van der Waals surface area contributed by atoms with Gasteiger partial charge in [-0.3, -0.25) is 14.5 Å². The van der Waals surface area contributed by atoms with Crippen LogP contribution in [-0.2, 0) is 9.59 Å². The molecule has 0 radical (unpaired) electrons. The molecule has 5 nitrogen and oxygen atoms in total. The Balaban J connectivity index is 1.89.